The van der Waals surface area contributed by atoms with E-state index in [-0.39, 0.29) is 24.1 Å². The van der Waals surface area contributed by atoms with E-state index in [9.17, 15) is 4.79 Å². The number of ether oxygens (including phenoxy) is 1. The fourth-order valence-corrected chi connectivity index (χ4v) is 2.68. The second kappa shape index (κ2) is 5.72. The van der Waals surface area contributed by atoms with E-state index >= 15 is 0 Å². The number of benzene rings is 1. The van der Waals surface area contributed by atoms with Crippen molar-refractivity contribution in [3.05, 3.63) is 35.9 Å². The zero-order valence-electron chi connectivity index (χ0n) is 11.7. The van der Waals surface area contributed by atoms with Gasteiger partial charge in [0.25, 0.3) is 0 Å². The number of nitrogens with two attached hydrogens (primary N) is 1. The van der Waals surface area contributed by atoms with Gasteiger partial charge in [-0.1, -0.05) is 30.3 Å². The molecule has 1 fully saturated rings. The Hall–Kier alpha value is -1.39. The Balaban J connectivity index is 2.23. The highest BCUT2D eigenvalue weighted by atomic mass is 16.5. The van der Waals surface area contributed by atoms with E-state index in [1.165, 1.54) is 0 Å². The monoisotopic (exact) mass is 262 g/mol. The third kappa shape index (κ3) is 2.80. The number of nitrogens with zero attached hydrogens (tertiary/aromatic N) is 1. The summed E-state index contributed by atoms with van der Waals surface area (Å²) in [5, 5.41) is 0. The SMILES string of the molecule is C[C@@H]1CO[C@H](c2ccccc2)[C@H](C)N1C(=O)[C@@H](C)N. The third-order valence-electron chi connectivity index (χ3n) is 3.64. The molecule has 1 aliphatic heterocycles. The van der Waals surface area contributed by atoms with Gasteiger partial charge in [-0.3, -0.25) is 4.79 Å². The van der Waals surface area contributed by atoms with Crippen LogP contribution in [0.25, 0.3) is 0 Å². The molecule has 0 spiro atoms. The van der Waals surface area contributed by atoms with Crippen molar-refractivity contribution in [2.75, 3.05) is 6.61 Å². The van der Waals surface area contributed by atoms with Crippen LogP contribution in [-0.2, 0) is 9.53 Å². The third-order valence-corrected chi connectivity index (χ3v) is 3.64. The molecule has 4 atom stereocenters. The van der Waals surface area contributed by atoms with Gasteiger partial charge in [0.2, 0.25) is 5.91 Å². The molecule has 0 aromatic heterocycles. The molecular formula is C15H22N2O2. The molecular weight excluding hydrogens is 240 g/mol. The summed E-state index contributed by atoms with van der Waals surface area (Å²) in [6, 6.07) is 9.60. The molecule has 1 aromatic rings. The summed E-state index contributed by atoms with van der Waals surface area (Å²) in [4.78, 5) is 14.1. The largest absolute Gasteiger partial charge is 0.369 e. The van der Waals surface area contributed by atoms with Crippen LogP contribution in [0.1, 0.15) is 32.4 Å². The summed E-state index contributed by atoms with van der Waals surface area (Å²) in [6.07, 6.45) is -0.0832. The number of carbonyl (C=O) groups is 1. The van der Waals surface area contributed by atoms with Gasteiger partial charge < -0.3 is 15.4 Å². The maximum absolute atomic E-state index is 12.2. The molecule has 1 aromatic carbocycles. The van der Waals surface area contributed by atoms with Crippen molar-refractivity contribution in [3.8, 4) is 0 Å². The molecule has 0 bridgehead atoms. The molecule has 1 saturated heterocycles. The maximum Gasteiger partial charge on any atom is 0.239 e. The molecule has 1 amide bonds. The van der Waals surface area contributed by atoms with Crippen molar-refractivity contribution in [1.82, 2.24) is 4.90 Å². The van der Waals surface area contributed by atoms with Crippen LogP contribution in [0.5, 0.6) is 0 Å². The van der Waals surface area contributed by atoms with Crippen LogP contribution in [0.4, 0.5) is 0 Å². The number of amides is 1. The normalized spacial score (nSPS) is 29.1. The predicted octanol–water partition coefficient (Wildman–Crippen LogP) is 1.71. The smallest absolute Gasteiger partial charge is 0.239 e. The Morgan fingerprint density at radius 1 is 1.37 bits per heavy atom. The van der Waals surface area contributed by atoms with Gasteiger partial charge in [-0.2, -0.15) is 0 Å². The summed E-state index contributed by atoms with van der Waals surface area (Å²) in [6.45, 7) is 6.29. The Kier molecular flexibility index (Phi) is 4.22. The van der Waals surface area contributed by atoms with E-state index in [2.05, 4.69) is 0 Å². The van der Waals surface area contributed by atoms with E-state index in [0.717, 1.165) is 5.56 Å². The molecule has 104 valence electrons. The van der Waals surface area contributed by atoms with Gasteiger partial charge >= 0.3 is 0 Å². The van der Waals surface area contributed by atoms with Crippen molar-refractivity contribution < 1.29 is 9.53 Å². The summed E-state index contributed by atoms with van der Waals surface area (Å²) < 4.78 is 5.91. The van der Waals surface area contributed by atoms with Gasteiger partial charge in [0.05, 0.1) is 24.7 Å². The predicted molar refractivity (Wildman–Crippen MR) is 74.6 cm³/mol. The number of rotatable bonds is 2. The Labute approximate surface area is 114 Å². The highest BCUT2D eigenvalue weighted by molar-refractivity contribution is 5.82. The summed E-state index contributed by atoms with van der Waals surface area (Å²) >= 11 is 0. The standard InChI is InChI=1S/C15H22N2O2/c1-10-9-19-14(13-7-5-4-6-8-13)12(3)17(10)15(18)11(2)16/h4-8,10-12,14H,9,16H2,1-3H3/t10-,11-,12+,14+/m1/s1. The van der Waals surface area contributed by atoms with Crippen LogP contribution in [-0.4, -0.2) is 35.5 Å². The van der Waals surface area contributed by atoms with E-state index < -0.39 is 6.04 Å². The average molecular weight is 262 g/mol. The minimum atomic E-state index is -0.473. The lowest BCUT2D eigenvalue weighted by Crippen LogP contribution is -2.57. The molecule has 19 heavy (non-hydrogen) atoms. The summed E-state index contributed by atoms with van der Waals surface area (Å²) in [5.41, 5.74) is 6.84. The second-order valence-corrected chi connectivity index (χ2v) is 5.29. The Morgan fingerprint density at radius 2 is 2.00 bits per heavy atom. The molecule has 0 aliphatic carbocycles. The summed E-state index contributed by atoms with van der Waals surface area (Å²) in [7, 11) is 0. The van der Waals surface area contributed by atoms with E-state index in [1.807, 2.05) is 49.1 Å². The topological polar surface area (TPSA) is 55.6 Å². The van der Waals surface area contributed by atoms with Gasteiger partial charge in [0.15, 0.2) is 0 Å². The molecule has 1 aliphatic rings. The number of hydrogen-bond donors (Lipinski definition) is 1. The minimum absolute atomic E-state index is 0.00958. The number of carbonyl (C=O) groups excluding carboxylic acids is 1. The first-order valence-electron chi connectivity index (χ1n) is 6.76. The van der Waals surface area contributed by atoms with Gasteiger partial charge in [-0.15, -0.1) is 0 Å². The molecule has 0 radical (unpaired) electrons. The maximum atomic E-state index is 12.2. The molecule has 2 rings (SSSR count). The lowest BCUT2D eigenvalue weighted by atomic mass is 9.98. The van der Waals surface area contributed by atoms with Crippen molar-refractivity contribution in [2.45, 2.75) is 45.0 Å². The fourth-order valence-electron chi connectivity index (χ4n) is 2.68. The molecule has 0 unspecified atom stereocenters. The first kappa shape index (κ1) is 14.0. The average Bonchev–Trinajstić information content (AvgIpc) is 2.39. The van der Waals surface area contributed by atoms with Crippen molar-refractivity contribution in [3.63, 3.8) is 0 Å². The minimum Gasteiger partial charge on any atom is -0.369 e. The Bertz CT molecular complexity index is 433. The fraction of sp³-hybridized carbons (Fsp3) is 0.533. The number of morpholine rings is 1. The zero-order valence-corrected chi connectivity index (χ0v) is 11.7. The quantitative estimate of drug-likeness (QED) is 0.882. The van der Waals surface area contributed by atoms with Crippen LogP contribution in [0.2, 0.25) is 0 Å². The van der Waals surface area contributed by atoms with Crippen molar-refractivity contribution >= 4 is 5.91 Å². The molecule has 2 N–H and O–H groups in total. The molecule has 4 nitrogen and oxygen atoms in total. The van der Waals surface area contributed by atoms with Crippen LogP contribution >= 0.6 is 0 Å². The lowest BCUT2D eigenvalue weighted by molar-refractivity contribution is -0.154. The molecule has 1 heterocycles. The zero-order chi connectivity index (χ0) is 14.0. The second-order valence-electron chi connectivity index (χ2n) is 5.29. The van der Waals surface area contributed by atoms with Crippen LogP contribution < -0.4 is 5.73 Å². The first-order valence-corrected chi connectivity index (χ1v) is 6.76. The first-order chi connectivity index (χ1) is 9.02. The van der Waals surface area contributed by atoms with Gasteiger partial charge in [-0.05, 0) is 26.3 Å². The lowest BCUT2D eigenvalue weighted by Gasteiger charge is -2.44. The molecule has 0 saturated carbocycles. The van der Waals surface area contributed by atoms with Crippen LogP contribution in [0, 0.1) is 0 Å². The molecule has 4 heteroatoms. The van der Waals surface area contributed by atoms with Crippen LogP contribution in [0.3, 0.4) is 0 Å². The van der Waals surface area contributed by atoms with E-state index in [4.69, 9.17) is 10.5 Å². The van der Waals surface area contributed by atoms with Gasteiger partial charge in [0.1, 0.15) is 6.10 Å². The van der Waals surface area contributed by atoms with E-state index in [0.29, 0.717) is 6.61 Å². The van der Waals surface area contributed by atoms with Gasteiger partial charge in [-0.25, -0.2) is 0 Å². The highest BCUT2D eigenvalue weighted by Gasteiger charge is 2.37. The van der Waals surface area contributed by atoms with Crippen molar-refractivity contribution in [2.24, 2.45) is 5.73 Å². The Morgan fingerprint density at radius 3 is 2.58 bits per heavy atom. The van der Waals surface area contributed by atoms with Crippen LogP contribution in [0.15, 0.2) is 30.3 Å². The number of hydrogen-bond acceptors (Lipinski definition) is 3. The van der Waals surface area contributed by atoms with Gasteiger partial charge in [0, 0.05) is 0 Å². The van der Waals surface area contributed by atoms with E-state index in [1.54, 1.807) is 6.92 Å². The van der Waals surface area contributed by atoms with Crippen molar-refractivity contribution in [1.29, 1.82) is 0 Å². The summed E-state index contributed by atoms with van der Waals surface area (Å²) in [5.74, 6) is -0.00997. The highest BCUT2D eigenvalue weighted by Crippen LogP contribution is 2.31.